The third-order valence-electron chi connectivity index (χ3n) is 5.51. The van der Waals surface area contributed by atoms with Crippen LogP contribution in [-0.2, 0) is 6.42 Å². The summed E-state index contributed by atoms with van der Waals surface area (Å²) in [5.74, 6) is 0.641. The summed E-state index contributed by atoms with van der Waals surface area (Å²) in [6.45, 7) is 2.24. The molecule has 152 valence electrons. The molecule has 4 heterocycles. The number of hydrogen-bond acceptors (Lipinski definition) is 7. The summed E-state index contributed by atoms with van der Waals surface area (Å²) in [5.41, 5.74) is 2.67. The minimum absolute atomic E-state index is 0.259. The predicted octanol–water partition coefficient (Wildman–Crippen LogP) is 3.75. The van der Waals surface area contributed by atoms with Crippen molar-refractivity contribution in [2.24, 2.45) is 0 Å². The minimum atomic E-state index is -0.262. The van der Waals surface area contributed by atoms with Crippen LogP contribution < -0.4 is 0 Å². The van der Waals surface area contributed by atoms with Gasteiger partial charge in [0.2, 0.25) is 10.8 Å². The molecule has 0 N–H and O–H groups in total. The molecule has 5 aromatic rings. The first kappa shape index (κ1) is 18.0. The lowest BCUT2D eigenvalue weighted by atomic mass is 10.1. The maximum absolute atomic E-state index is 12.6. The summed E-state index contributed by atoms with van der Waals surface area (Å²) in [7, 11) is 0. The van der Waals surface area contributed by atoms with E-state index in [9.17, 15) is 9.59 Å². The van der Waals surface area contributed by atoms with Crippen molar-refractivity contribution in [1.29, 1.82) is 0 Å². The molecule has 3 aromatic heterocycles. The van der Waals surface area contributed by atoms with Gasteiger partial charge in [-0.3, -0.25) is 14.5 Å². The summed E-state index contributed by atoms with van der Waals surface area (Å²) >= 11 is 1.38. The number of furan rings is 1. The van der Waals surface area contributed by atoms with Gasteiger partial charge < -0.3 is 4.42 Å². The molecule has 0 radical (unpaired) electrons. The maximum atomic E-state index is 12.6. The van der Waals surface area contributed by atoms with Gasteiger partial charge in [0.1, 0.15) is 10.6 Å². The van der Waals surface area contributed by atoms with Gasteiger partial charge >= 0.3 is 0 Å². The Morgan fingerprint density at radius 3 is 2.42 bits per heavy atom. The van der Waals surface area contributed by atoms with Crippen LogP contribution >= 0.6 is 11.3 Å². The van der Waals surface area contributed by atoms with Crippen molar-refractivity contribution in [3.63, 3.8) is 0 Å². The normalized spacial score (nSPS) is 13.6. The Morgan fingerprint density at radius 1 is 0.968 bits per heavy atom. The van der Waals surface area contributed by atoms with Gasteiger partial charge in [0.15, 0.2) is 5.76 Å². The second-order valence-corrected chi connectivity index (χ2v) is 8.36. The van der Waals surface area contributed by atoms with E-state index in [1.165, 1.54) is 16.2 Å². The van der Waals surface area contributed by atoms with Crippen molar-refractivity contribution < 1.29 is 14.0 Å². The van der Waals surface area contributed by atoms with Crippen molar-refractivity contribution in [3.05, 3.63) is 70.2 Å². The first-order chi connectivity index (χ1) is 15.1. The first-order valence-electron chi connectivity index (χ1n) is 9.76. The quantitative estimate of drug-likeness (QED) is 0.404. The second-order valence-electron chi connectivity index (χ2n) is 7.32. The van der Waals surface area contributed by atoms with E-state index in [4.69, 9.17) is 4.42 Å². The van der Waals surface area contributed by atoms with Crippen LogP contribution in [0.2, 0.25) is 0 Å². The second kappa shape index (κ2) is 6.58. The van der Waals surface area contributed by atoms with E-state index in [0.717, 1.165) is 21.5 Å². The first-order valence-corrected chi connectivity index (χ1v) is 10.6. The lowest BCUT2D eigenvalue weighted by molar-refractivity contribution is 0.0656. The number of para-hydroxylation sites is 1. The van der Waals surface area contributed by atoms with E-state index >= 15 is 0 Å². The number of imide groups is 1. The molecule has 1 aliphatic rings. The van der Waals surface area contributed by atoms with Crippen LogP contribution in [0.4, 0.5) is 0 Å². The largest absolute Gasteiger partial charge is 0.452 e. The van der Waals surface area contributed by atoms with E-state index in [1.54, 1.807) is 28.8 Å². The molecule has 0 aliphatic carbocycles. The Hall–Kier alpha value is -3.85. The molecule has 0 atom stereocenters. The molecule has 0 bridgehead atoms. The molecule has 0 spiro atoms. The molecule has 9 heteroatoms. The van der Waals surface area contributed by atoms with Crippen LogP contribution in [0, 0.1) is 6.92 Å². The van der Waals surface area contributed by atoms with Gasteiger partial charge in [-0.05, 0) is 25.1 Å². The number of carbonyl (C=O) groups excluding carboxylic acids is 2. The molecule has 0 fully saturated rings. The SMILES string of the molecule is Cc1c(-c2nnc3sc(CCN4C(=O)c5ccccc5C4=O)nn23)oc2ccccc12. The molecular weight excluding hydrogens is 414 g/mol. The summed E-state index contributed by atoms with van der Waals surface area (Å²) in [5, 5.41) is 14.9. The van der Waals surface area contributed by atoms with Crippen molar-refractivity contribution in [2.45, 2.75) is 13.3 Å². The van der Waals surface area contributed by atoms with E-state index in [0.29, 0.717) is 34.1 Å². The average molecular weight is 429 g/mol. The van der Waals surface area contributed by atoms with Gasteiger partial charge in [0, 0.05) is 23.9 Å². The smallest absolute Gasteiger partial charge is 0.261 e. The molecule has 31 heavy (non-hydrogen) atoms. The molecule has 1 aliphatic heterocycles. The maximum Gasteiger partial charge on any atom is 0.261 e. The van der Waals surface area contributed by atoms with Gasteiger partial charge in [0.05, 0.1) is 11.1 Å². The number of aromatic nitrogens is 4. The standard InChI is InChI=1S/C22H15N5O3S/c1-12-13-6-4-5-9-16(13)30-18(12)19-23-24-22-27(19)25-17(31-22)10-11-26-20(28)14-7-2-3-8-15(14)21(26)29/h2-9H,10-11H2,1H3. The number of carbonyl (C=O) groups is 2. The Balaban J connectivity index is 1.29. The average Bonchev–Trinajstić information content (AvgIpc) is 3.51. The van der Waals surface area contributed by atoms with Gasteiger partial charge in [-0.15, -0.1) is 10.2 Å². The third kappa shape index (κ3) is 2.63. The van der Waals surface area contributed by atoms with Gasteiger partial charge in [0.25, 0.3) is 11.8 Å². The van der Waals surface area contributed by atoms with Gasteiger partial charge in [-0.2, -0.15) is 9.61 Å². The van der Waals surface area contributed by atoms with Crippen LogP contribution in [0.15, 0.2) is 52.9 Å². The van der Waals surface area contributed by atoms with Crippen LogP contribution in [0.1, 0.15) is 31.3 Å². The molecule has 0 saturated heterocycles. The highest BCUT2D eigenvalue weighted by molar-refractivity contribution is 7.16. The van der Waals surface area contributed by atoms with Crippen LogP contribution in [0.5, 0.6) is 0 Å². The Morgan fingerprint density at radius 2 is 1.68 bits per heavy atom. The van der Waals surface area contributed by atoms with Crippen molar-refractivity contribution in [3.8, 4) is 11.6 Å². The van der Waals surface area contributed by atoms with Crippen LogP contribution in [0.25, 0.3) is 27.5 Å². The predicted molar refractivity (Wildman–Crippen MR) is 114 cm³/mol. The van der Waals surface area contributed by atoms with E-state index in [2.05, 4.69) is 15.3 Å². The highest BCUT2D eigenvalue weighted by atomic mass is 32.1. The lowest BCUT2D eigenvalue weighted by Gasteiger charge is -2.12. The van der Waals surface area contributed by atoms with Crippen LogP contribution in [-0.4, -0.2) is 43.1 Å². The van der Waals surface area contributed by atoms with Gasteiger partial charge in [-0.1, -0.05) is 41.7 Å². The van der Waals surface area contributed by atoms with E-state index in [-0.39, 0.29) is 18.4 Å². The number of nitrogens with zero attached hydrogens (tertiary/aromatic N) is 5. The van der Waals surface area contributed by atoms with Crippen molar-refractivity contribution >= 4 is 39.1 Å². The molecule has 8 nitrogen and oxygen atoms in total. The lowest BCUT2D eigenvalue weighted by Crippen LogP contribution is -2.31. The number of benzene rings is 2. The number of rotatable bonds is 4. The number of fused-ring (bicyclic) bond motifs is 3. The molecule has 2 aromatic carbocycles. The fraction of sp³-hybridized carbons (Fsp3) is 0.136. The van der Waals surface area contributed by atoms with Crippen molar-refractivity contribution in [1.82, 2.24) is 24.7 Å². The third-order valence-corrected chi connectivity index (χ3v) is 6.47. The van der Waals surface area contributed by atoms with E-state index < -0.39 is 0 Å². The summed E-state index contributed by atoms with van der Waals surface area (Å²) in [6.07, 6.45) is 0.443. The van der Waals surface area contributed by atoms with Crippen molar-refractivity contribution in [2.75, 3.05) is 6.54 Å². The Labute approximate surface area is 179 Å². The molecule has 0 saturated carbocycles. The summed E-state index contributed by atoms with van der Waals surface area (Å²) in [4.78, 5) is 27.0. The highest BCUT2D eigenvalue weighted by Crippen LogP contribution is 2.32. The molecule has 6 rings (SSSR count). The van der Waals surface area contributed by atoms with E-state index in [1.807, 2.05) is 31.2 Å². The fourth-order valence-corrected chi connectivity index (χ4v) is 4.76. The van der Waals surface area contributed by atoms with Crippen LogP contribution in [0.3, 0.4) is 0 Å². The summed E-state index contributed by atoms with van der Waals surface area (Å²) in [6, 6.07) is 14.7. The monoisotopic (exact) mass is 429 g/mol. The zero-order valence-corrected chi connectivity index (χ0v) is 17.2. The summed E-state index contributed by atoms with van der Waals surface area (Å²) < 4.78 is 7.67. The van der Waals surface area contributed by atoms with Gasteiger partial charge in [-0.25, -0.2) is 0 Å². The topological polar surface area (TPSA) is 93.6 Å². The Bertz CT molecular complexity index is 1480. The zero-order chi connectivity index (χ0) is 21.1. The minimum Gasteiger partial charge on any atom is -0.452 e. The zero-order valence-electron chi connectivity index (χ0n) is 16.4. The molecular formula is C22H15N5O3S. The fourth-order valence-electron chi connectivity index (χ4n) is 3.94. The highest BCUT2D eigenvalue weighted by Gasteiger charge is 2.34. The molecule has 2 amide bonds. The number of aryl methyl sites for hydroxylation is 1. The molecule has 0 unspecified atom stereocenters. The number of amides is 2. The number of hydrogen-bond donors (Lipinski definition) is 0. The Kier molecular flexibility index (Phi) is 3.81.